The van der Waals surface area contributed by atoms with Crippen molar-refractivity contribution in [2.75, 3.05) is 13.2 Å². The van der Waals surface area contributed by atoms with Crippen molar-refractivity contribution in [3.8, 4) is 0 Å². The molecule has 2 rings (SSSR count). The van der Waals surface area contributed by atoms with Crippen LogP contribution < -0.4 is 15.7 Å². The number of aliphatic hydroxyl groups is 1. The molecule has 30 heavy (non-hydrogen) atoms. The fraction of sp³-hybridized carbons (Fsp3) is 0.458. The normalized spacial score (nSPS) is 13.6. The Kier molecular flexibility index (Phi) is 7.85. The lowest BCUT2D eigenvalue weighted by molar-refractivity contribution is 0.0455. The highest BCUT2D eigenvalue weighted by Gasteiger charge is 2.50. The first-order chi connectivity index (χ1) is 14.0. The number of ether oxygens (including phenoxy) is 1. The van der Waals surface area contributed by atoms with Crippen molar-refractivity contribution in [2.24, 2.45) is 0 Å². The molecule has 1 amide bonds. The zero-order valence-corrected chi connectivity index (χ0v) is 19.9. The third-order valence-electron chi connectivity index (χ3n) is 4.86. The van der Waals surface area contributed by atoms with Crippen molar-refractivity contribution in [3.05, 3.63) is 60.7 Å². The van der Waals surface area contributed by atoms with Crippen molar-refractivity contribution in [1.29, 1.82) is 0 Å². The molecule has 0 saturated heterocycles. The highest BCUT2D eigenvalue weighted by Crippen LogP contribution is 2.36. The van der Waals surface area contributed by atoms with Crippen molar-refractivity contribution in [2.45, 2.75) is 58.2 Å². The van der Waals surface area contributed by atoms with Crippen LogP contribution in [-0.2, 0) is 9.16 Å². The summed E-state index contributed by atoms with van der Waals surface area (Å²) in [5.41, 5.74) is -0.608. The molecule has 0 aliphatic heterocycles. The molecule has 0 bridgehead atoms. The van der Waals surface area contributed by atoms with Crippen LogP contribution in [0.3, 0.4) is 0 Å². The maximum absolute atomic E-state index is 12.2. The minimum absolute atomic E-state index is 0.179. The van der Waals surface area contributed by atoms with Gasteiger partial charge in [-0.2, -0.15) is 0 Å². The molecule has 1 atom stereocenters. The van der Waals surface area contributed by atoms with E-state index in [0.717, 1.165) is 10.4 Å². The minimum Gasteiger partial charge on any atom is -0.444 e. The van der Waals surface area contributed by atoms with Crippen molar-refractivity contribution >= 4 is 24.8 Å². The molecule has 2 N–H and O–H groups in total. The minimum atomic E-state index is -2.73. The highest BCUT2D eigenvalue weighted by molar-refractivity contribution is 6.99. The molecule has 0 radical (unpaired) electrons. The van der Waals surface area contributed by atoms with Crippen molar-refractivity contribution < 1.29 is 19.1 Å². The summed E-state index contributed by atoms with van der Waals surface area (Å²) in [5.74, 6) is 0. The van der Waals surface area contributed by atoms with E-state index in [9.17, 15) is 9.90 Å². The van der Waals surface area contributed by atoms with Gasteiger partial charge in [0.25, 0.3) is 8.32 Å². The third-order valence-corrected chi connectivity index (χ3v) is 9.86. The van der Waals surface area contributed by atoms with Crippen molar-refractivity contribution in [3.63, 3.8) is 0 Å². The molecule has 2 aromatic carbocycles. The fourth-order valence-electron chi connectivity index (χ4n) is 3.60. The van der Waals surface area contributed by atoms with E-state index >= 15 is 0 Å². The first kappa shape index (κ1) is 24.1. The maximum atomic E-state index is 12.2. The van der Waals surface area contributed by atoms with Gasteiger partial charge >= 0.3 is 6.09 Å². The van der Waals surface area contributed by atoms with Crippen LogP contribution in [0.2, 0.25) is 5.04 Å². The van der Waals surface area contributed by atoms with Gasteiger partial charge in [0.05, 0.1) is 19.3 Å². The maximum Gasteiger partial charge on any atom is 0.408 e. The summed E-state index contributed by atoms with van der Waals surface area (Å²) in [6.07, 6.45) is -0.562. The molecule has 5 nitrogen and oxygen atoms in total. The lowest BCUT2D eigenvalue weighted by Gasteiger charge is -2.43. The van der Waals surface area contributed by atoms with Gasteiger partial charge in [-0.1, -0.05) is 81.4 Å². The van der Waals surface area contributed by atoms with Crippen LogP contribution in [0.4, 0.5) is 4.79 Å². The Morgan fingerprint density at radius 1 is 0.933 bits per heavy atom. The Balaban J connectivity index is 2.37. The number of benzene rings is 2. The molecule has 0 aromatic heterocycles. The Morgan fingerprint density at radius 2 is 1.40 bits per heavy atom. The average Bonchev–Trinajstić information content (AvgIpc) is 2.66. The van der Waals surface area contributed by atoms with E-state index < -0.39 is 26.1 Å². The summed E-state index contributed by atoms with van der Waals surface area (Å²) < 4.78 is 12.1. The lowest BCUT2D eigenvalue weighted by atomic mass is 10.2. The summed E-state index contributed by atoms with van der Waals surface area (Å²) in [6, 6.07) is 20.0. The van der Waals surface area contributed by atoms with Crippen molar-refractivity contribution in [1.82, 2.24) is 5.32 Å². The zero-order chi connectivity index (χ0) is 22.4. The summed E-state index contributed by atoms with van der Waals surface area (Å²) in [7, 11) is -2.73. The lowest BCUT2D eigenvalue weighted by Crippen LogP contribution is -2.67. The first-order valence-electron chi connectivity index (χ1n) is 10.3. The molecule has 0 aliphatic carbocycles. The Bertz CT molecular complexity index is 758. The number of carbonyl (C=O) groups is 1. The van der Waals surface area contributed by atoms with Gasteiger partial charge in [0.15, 0.2) is 0 Å². The van der Waals surface area contributed by atoms with Gasteiger partial charge in [0.2, 0.25) is 0 Å². The smallest absolute Gasteiger partial charge is 0.408 e. The molecule has 0 heterocycles. The van der Waals surface area contributed by atoms with Crippen LogP contribution in [-0.4, -0.2) is 44.4 Å². The first-order valence-corrected chi connectivity index (χ1v) is 12.3. The van der Waals surface area contributed by atoms with E-state index in [2.05, 4.69) is 50.4 Å². The van der Waals surface area contributed by atoms with Crippen LogP contribution in [0, 0.1) is 0 Å². The summed E-state index contributed by atoms with van der Waals surface area (Å²) in [6.45, 7) is 11.9. The van der Waals surface area contributed by atoms with Gasteiger partial charge in [0, 0.05) is 0 Å². The van der Waals surface area contributed by atoms with Crippen LogP contribution in [0.5, 0.6) is 0 Å². The van der Waals surface area contributed by atoms with E-state index in [1.54, 1.807) is 20.8 Å². The molecule has 164 valence electrons. The summed E-state index contributed by atoms with van der Waals surface area (Å²) in [4.78, 5) is 12.2. The molecule has 0 aliphatic rings. The van der Waals surface area contributed by atoms with Crippen LogP contribution in [0.25, 0.3) is 0 Å². The van der Waals surface area contributed by atoms with E-state index in [-0.39, 0.29) is 18.3 Å². The van der Waals surface area contributed by atoms with Gasteiger partial charge in [-0.05, 0) is 36.2 Å². The topological polar surface area (TPSA) is 67.8 Å². The molecular weight excluding hydrogens is 394 g/mol. The second-order valence-electron chi connectivity index (χ2n) is 9.50. The molecule has 0 unspecified atom stereocenters. The number of carbonyl (C=O) groups excluding carboxylic acids is 1. The second-order valence-corrected chi connectivity index (χ2v) is 13.8. The quantitative estimate of drug-likeness (QED) is 0.662. The molecule has 0 fully saturated rings. The van der Waals surface area contributed by atoms with Crippen LogP contribution >= 0.6 is 0 Å². The van der Waals surface area contributed by atoms with E-state index in [1.165, 1.54) is 0 Å². The predicted molar refractivity (Wildman–Crippen MR) is 124 cm³/mol. The predicted octanol–water partition coefficient (Wildman–Crippen LogP) is 3.45. The van der Waals surface area contributed by atoms with Crippen LogP contribution in [0.15, 0.2) is 60.7 Å². The SMILES string of the molecule is CC(C)(C)OC(=O)N[C@H](CO)CO[Si](c1ccccc1)(c1ccccc1)C(C)(C)C. The molecule has 0 saturated carbocycles. The average molecular weight is 430 g/mol. The van der Waals surface area contributed by atoms with Gasteiger partial charge in [-0.3, -0.25) is 0 Å². The number of hydrogen-bond donors (Lipinski definition) is 2. The molecular formula is C24H35NO4Si. The second kappa shape index (κ2) is 9.77. The monoisotopic (exact) mass is 429 g/mol. The number of rotatable bonds is 7. The largest absolute Gasteiger partial charge is 0.444 e. The van der Waals surface area contributed by atoms with Gasteiger partial charge < -0.3 is 19.6 Å². The third kappa shape index (κ3) is 5.94. The van der Waals surface area contributed by atoms with Gasteiger partial charge in [-0.15, -0.1) is 0 Å². The fourth-order valence-corrected chi connectivity index (χ4v) is 8.21. The van der Waals surface area contributed by atoms with E-state index in [4.69, 9.17) is 9.16 Å². The summed E-state index contributed by atoms with van der Waals surface area (Å²) in [5, 5.41) is 14.7. The number of nitrogens with one attached hydrogen (secondary N) is 1. The number of aliphatic hydroxyl groups excluding tert-OH is 1. The van der Waals surface area contributed by atoms with Crippen LogP contribution in [0.1, 0.15) is 41.5 Å². The standard InChI is InChI=1S/C24H35NO4Si/c1-23(2,3)29-22(27)25-19(17-26)18-28-30(24(4,5)6,20-13-9-7-10-14-20)21-15-11-8-12-16-21/h7-16,19,26H,17-18H2,1-6H3,(H,25,27)/t19-/m1/s1. The Labute approximate surface area is 181 Å². The Hall–Kier alpha value is -2.15. The van der Waals surface area contributed by atoms with E-state index in [1.807, 2.05) is 36.4 Å². The zero-order valence-electron chi connectivity index (χ0n) is 18.9. The molecule has 0 spiro atoms. The van der Waals surface area contributed by atoms with E-state index in [0.29, 0.717) is 0 Å². The highest BCUT2D eigenvalue weighted by atomic mass is 28.4. The Morgan fingerprint density at radius 3 is 1.77 bits per heavy atom. The number of alkyl carbamates (subject to hydrolysis) is 1. The van der Waals surface area contributed by atoms with Gasteiger partial charge in [-0.25, -0.2) is 4.79 Å². The van der Waals surface area contributed by atoms with Gasteiger partial charge in [0.1, 0.15) is 5.60 Å². The number of hydrogen-bond acceptors (Lipinski definition) is 4. The molecule has 2 aromatic rings. The molecule has 6 heteroatoms. The summed E-state index contributed by atoms with van der Waals surface area (Å²) >= 11 is 0. The number of amides is 1.